The van der Waals surface area contributed by atoms with Crippen molar-refractivity contribution in [2.75, 3.05) is 0 Å². The fourth-order valence-corrected chi connectivity index (χ4v) is 2.37. The van der Waals surface area contributed by atoms with E-state index in [1.165, 1.54) is 24.0 Å². The Kier molecular flexibility index (Phi) is 2.60. The first-order chi connectivity index (χ1) is 6.74. The van der Waals surface area contributed by atoms with E-state index < -0.39 is 0 Å². The summed E-state index contributed by atoms with van der Waals surface area (Å²) in [5.41, 5.74) is 9.07. The highest BCUT2D eigenvalue weighted by molar-refractivity contribution is 5.29. The average Bonchev–Trinajstić information content (AvgIpc) is 2.67. The van der Waals surface area contributed by atoms with E-state index in [4.69, 9.17) is 5.73 Å². The standard InChI is InChI=1S/C13H19N/c1-2-11-5-7-12(8-6-11)13(14)9-3-4-10-13/h5-8H,2-4,9-10,14H2,1H3. The minimum Gasteiger partial charge on any atom is -0.321 e. The molecular formula is C13H19N. The van der Waals surface area contributed by atoms with E-state index >= 15 is 0 Å². The molecule has 1 fully saturated rings. The van der Waals surface area contributed by atoms with Crippen LogP contribution in [0, 0.1) is 0 Å². The molecule has 0 aliphatic heterocycles. The third kappa shape index (κ3) is 1.69. The monoisotopic (exact) mass is 189 g/mol. The van der Waals surface area contributed by atoms with Crippen molar-refractivity contribution in [3.8, 4) is 0 Å². The highest BCUT2D eigenvalue weighted by Crippen LogP contribution is 2.36. The third-order valence-corrected chi connectivity index (χ3v) is 3.43. The Hall–Kier alpha value is -0.820. The molecule has 1 aliphatic carbocycles. The molecule has 1 saturated carbocycles. The second-order valence-electron chi connectivity index (χ2n) is 4.41. The highest BCUT2D eigenvalue weighted by atomic mass is 14.8. The van der Waals surface area contributed by atoms with Gasteiger partial charge < -0.3 is 5.73 Å². The molecule has 0 radical (unpaired) electrons. The van der Waals surface area contributed by atoms with Crippen LogP contribution in [0.15, 0.2) is 24.3 Å². The molecule has 0 unspecified atom stereocenters. The van der Waals surface area contributed by atoms with Gasteiger partial charge in [0, 0.05) is 5.54 Å². The highest BCUT2D eigenvalue weighted by Gasteiger charge is 2.30. The first-order valence-corrected chi connectivity index (χ1v) is 5.63. The first-order valence-electron chi connectivity index (χ1n) is 5.63. The predicted octanol–water partition coefficient (Wildman–Crippen LogP) is 2.98. The van der Waals surface area contributed by atoms with Crippen molar-refractivity contribution < 1.29 is 0 Å². The van der Waals surface area contributed by atoms with E-state index in [1.807, 2.05) is 0 Å². The van der Waals surface area contributed by atoms with E-state index in [0.29, 0.717) is 0 Å². The molecule has 0 saturated heterocycles. The molecule has 1 aromatic rings. The van der Waals surface area contributed by atoms with Crippen LogP contribution in [0.2, 0.25) is 0 Å². The molecule has 1 aromatic carbocycles. The van der Waals surface area contributed by atoms with Gasteiger partial charge in [0.2, 0.25) is 0 Å². The molecular weight excluding hydrogens is 170 g/mol. The lowest BCUT2D eigenvalue weighted by molar-refractivity contribution is 0.461. The Morgan fingerprint density at radius 3 is 2.21 bits per heavy atom. The fourth-order valence-electron chi connectivity index (χ4n) is 2.37. The number of aryl methyl sites for hydroxylation is 1. The number of benzene rings is 1. The van der Waals surface area contributed by atoms with Crippen molar-refractivity contribution in [2.24, 2.45) is 5.73 Å². The maximum Gasteiger partial charge on any atom is 0.0409 e. The molecule has 0 spiro atoms. The summed E-state index contributed by atoms with van der Waals surface area (Å²) in [6.45, 7) is 2.18. The average molecular weight is 189 g/mol. The largest absolute Gasteiger partial charge is 0.321 e. The normalized spacial score (nSPS) is 19.9. The van der Waals surface area contributed by atoms with Crippen molar-refractivity contribution in [1.82, 2.24) is 0 Å². The summed E-state index contributed by atoms with van der Waals surface area (Å²) < 4.78 is 0. The van der Waals surface area contributed by atoms with Gasteiger partial charge in [0.05, 0.1) is 0 Å². The minimum atomic E-state index is -0.0216. The molecule has 2 N–H and O–H groups in total. The number of nitrogens with two attached hydrogens (primary N) is 1. The SMILES string of the molecule is CCc1ccc(C2(N)CCCC2)cc1. The summed E-state index contributed by atoms with van der Waals surface area (Å²) in [4.78, 5) is 0. The van der Waals surface area contributed by atoms with E-state index in [0.717, 1.165) is 19.3 Å². The van der Waals surface area contributed by atoms with Gasteiger partial charge in [0.15, 0.2) is 0 Å². The molecule has 0 amide bonds. The van der Waals surface area contributed by atoms with E-state index in [2.05, 4.69) is 31.2 Å². The molecule has 1 aliphatic rings. The van der Waals surface area contributed by atoms with Crippen LogP contribution in [0.5, 0.6) is 0 Å². The smallest absolute Gasteiger partial charge is 0.0409 e. The molecule has 0 heterocycles. The Bertz CT molecular complexity index is 294. The molecule has 1 heteroatoms. The number of hydrogen-bond donors (Lipinski definition) is 1. The van der Waals surface area contributed by atoms with Gasteiger partial charge in [-0.2, -0.15) is 0 Å². The van der Waals surface area contributed by atoms with Gasteiger partial charge in [-0.1, -0.05) is 44.0 Å². The zero-order valence-electron chi connectivity index (χ0n) is 8.92. The van der Waals surface area contributed by atoms with Crippen LogP contribution in [0.1, 0.15) is 43.7 Å². The quantitative estimate of drug-likeness (QED) is 0.760. The van der Waals surface area contributed by atoms with Gasteiger partial charge in [-0.25, -0.2) is 0 Å². The number of rotatable bonds is 2. The van der Waals surface area contributed by atoms with Crippen molar-refractivity contribution >= 4 is 0 Å². The molecule has 76 valence electrons. The van der Waals surface area contributed by atoms with Crippen molar-refractivity contribution in [2.45, 2.75) is 44.6 Å². The van der Waals surface area contributed by atoms with Crippen LogP contribution in [-0.2, 0) is 12.0 Å². The molecule has 0 atom stereocenters. The lowest BCUT2D eigenvalue weighted by atomic mass is 9.89. The first kappa shape index (κ1) is 9.72. The Balaban J connectivity index is 2.23. The van der Waals surface area contributed by atoms with Crippen LogP contribution in [0.4, 0.5) is 0 Å². The topological polar surface area (TPSA) is 26.0 Å². The van der Waals surface area contributed by atoms with Gasteiger partial charge in [-0.3, -0.25) is 0 Å². The van der Waals surface area contributed by atoms with Crippen LogP contribution >= 0.6 is 0 Å². The summed E-state index contributed by atoms with van der Waals surface area (Å²) in [6, 6.07) is 8.85. The lowest BCUT2D eigenvalue weighted by Gasteiger charge is -2.24. The van der Waals surface area contributed by atoms with Crippen LogP contribution in [0.3, 0.4) is 0 Å². The number of hydrogen-bond acceptors (Lipinski definition) is 1. The molecule has 1 nitrogen and oxygen atoms in total. The van der Waals surface area contributed by atoms with E-state index in [-0.39, 0.29) is 5.54 Å². The molecule has 0 aromatic heterocycles. The summed E-state index contributed by atoms with van der Waals surface area (Å²) in [5.74, 6) is 0. The molecule has 2 rings (SSSR count). The van der Waals surface area contributed by atoms with Crippen LogP contribution < -0.4 is 5.73 Å². The van der Waals surface area contributed by atoms with Gasteiger partial charge in [-0.05, 0) is 30.4 Å². The fraction of sp³-hybridized carbons (Fsp3) is 0.538. The summed E-state index contributed by atoms with van der Waals surface area (Å²) in [7, 11) is 0. The van der Waals surface area contributed by atoms with Gasteiger partial charge in [0.25, 0.3) is 0 Å². The van der Waals surface area contributed by atoms with E-state index in [9.17, 15) is 0 Å². The van der Waals surface area contributed by atoms with E-state index in [1.54, 1.807) is 0 Å². The summed E-state index contributed by atoms with van der Waals surface area (Å²) in [6.07, 6.45) is 5.98. The van der Waals surface area contributed by atoms with Crippen molar-refractivity contribution in [3.05, 3.63) is 35.4 Å². The van der Waals surface area contributed by atoms with Crippen molar-refractivity contribution in [1.29, 1.82) is 0 Å². The van der Waals surface area contributed by atoms with Gasteiger partial charge in [0.1, 0.15) is 0 Å². The maximum atomic E-state index is 6.37. The lowest BCUT2D eigenvalue weighted by Crippen LogP contribution is -2.32. The van der Waals surface area contributed by atoms with Gasteiger partial charge in [-0.15, -0.1) is 0 Å². The predicted molar refractivity (Wildman–Crippen MR) is 60.2 cm³/mol. The van der Waals surface area contributed by atoms with Gasteiger partial charge >= 0.3 is 0 Å². The zero-order chi connectivity index (χ0) is 10.0. The maximum absolute atomic E-state index is 6.37. The van der Waals surface area contributed by atoms with Crippen LogP contribution in [-0.4, -0.2) is 0 Å². The Morgan fingerprint density at radius 2 is 1.71 bits per heavy atom. The summed E-state index contributed by atoms with van der Waals surface area (Å²) >= 11 is 0. The Morgan fingerprint density at radius 1 is 1.14 bits per heavy atom. The summed E-state index contributed by atoms with van der Waals surface area (Å²) in [5, 5.41) is 0. The zero-order valence-corrected chi connectivity index (χ0v) is 8.92. The molecule has 14 heavy (non-hydrogen) atoms. The second kappa shape index (κ2) is 3.74. The van der Waals surface area contributed by atoms with Crippen molar-refractivity contribution in [3.63, 3.8) is 0 Å². The van der Waals surface area contributed by atoms with Crippen LogP contribution in [0.25, 0.3) is 0 Å². The minimum absolute atomic E-state index is 0.0216. The third-order valence-electron chi connectivity index (χ3n) is 3.43. The second-order valence-corrected chi connectivity index (χ2v) is 4.41. The molecule has 0 bridgehead atoms. The Labute approximate surface area is 86.3 Å².